The van der Waals surface area contributed by atoms with Crippen molar-refractivity contribution in [3.05, 3.63) is 65.2 Å². The summed E-state index contributed by atoms with van der Waals surface area (Å²) in [4.78, 5) is 14.3. The second-order valence-corrected chi connectivity index (χ2v) is 5.23. The third-order valence-corrected chi connectivity index (χ3v) is 3.90. The molecule has 0 bridgehead atoms. The van der Waals surface area contributed by atoms with E-state index in [9.17, 15) is 4.79 Å². The van der Waals surface area contributed by atoms with E-state index in [2.05, 4.69) is 12.1 Å². The van der Waals surface area contributed by atoms with Crippen molar-refractivity contribution >= 4 is 11.6 Å². The lowest BCUT2D eigenvalue weighted by Gasteiger charge is -2.17. The van der Waals surface area contributed by atoms with Gasteiger partial charge in [0.2, 0.25) is 5.91 Å². The molecule has 2 aromatic rings. The van der Waals surface area contributed by atoms with E-state index >= 15 is 0 Å². The molecule has 0 saturated carbocycles. The van der Waals surface area contributed by atoms with Crippen molar-refractivity contribution in [2.75, 3.05) is 11.4 Å². The van der Waals surface area contributed by atoms with E-state index in [0.717, 1.165) is 24.2 Å². The fourth-order valence-electron chi connectivity index (χ4n) is 2.73. The second kappa shape index (κ2) is 5.80. The Balaban J connectivity index is 1.64. The van der Waals surface area contributed by atoms with Gasteiger partial charge >= 0.3 is 0 Å². The van der Waals surface area contributed by atoms with Crippen LogP contribution in [0.1, 0.15) is 23.1 Å². The molecular formula is C18H16N2O. The Hall–Kier alpha value is -2.60. The van der Waals surface area contributed by atoms with Crippen LogP contribution < -0.4 is 4.90 Å². The van der Waals surface area contributed by atoms with Crippen molar-refractivity contribution in [1.29, 1.82) is 5.26 Å². The first kappa shape index (κ1) is 13.4. The van der Waals surface area contributed by atoms with Crippen LogP contribution in [0, 0.1) is 11.3 Å². The molecule has 1 heterocycles. The number of carbonyl (C=O) groups excluding carboxylic acids is 1. The maximum absolute atomic E-state index is 12.4. The van der Waals surface area contributed by atoms with Gasteiger partial charge in [0.25, 0.3) is 0 Å². The van der Waals surface area contributed by atoms with Crippen LogP contribution in [0.5, 0.6) is 0 Å². The molecule has 1 aliphatic rings. The molecule has 1 amide bonds. The van der Waals surface area contributed by atoms with Crippen LogP contribution in [0.3, 0.4) is 0 Å². The molecule has 2 aromatic carbocycles. The molecule has 0 spiro atoms. The van der Waals surface area contributed by atoms with Gasteiger partial charge in [-0.2, -0.15) is 5.26 Å². The Morgan fingerprint density at radius 2 is 1.90 bits per heavy atom. The summed E-state index contributed by atoms with van der Waals surface area (Å²) < 4.78 is 0. The standard InChI is InChI=1S/C18H16N2O/c19-13-15-7-5-14(6-8-15)9-10-18(21)20-12-11-16-3-1-2-4-17(16)20/h1-8H,9-12H2. The van der Waals surface area contributed by atoms with E-state index in [-0.39, 0.29) is 5.91 Å². The summed E-state index contributed by atoms with van der Waals surface area (Å²) in [6, 6.07) is 17.6. The van der Waals surface area contributed by atoms with Crippen LogP contribution in [-0.2, 0) is 17.6 Å². The average Bonchev–Trinajstić information content (AvgIpc) is 2.97. The molecule has 104 valence electrons. The number of hydrogen-bond donors (Lipinski definition) is 0. The molecule has 0 radical (unpaired) electrons. The fourth-order valence-corrected chi connectivity index (χ4v) is 2.73. The Morgan fingerprint density at radius 1 is 1.14 bits per heavy atom. The highest BCUT2D eigenvalue weighted by Crippen LogP contribution is 2.28. The zero-order chi connectivity index (χ0) is 14.7. The number of amides is 1. The molecule has 1 aliphatic heterocycles. The molecule has 0 aliphatic carbocycles. The number of rotatable bonds is 3. The zero-order valence-corrected chi connectivity index (χ0v) is 11.7. The third kappa shape index (κ3) is 2.80. The van der Waals surface area contributed by atoms with Gasteiger partial charge in [0.05, 0.1) is 11.6 Å². The Bertz CT molecular complexity index is 698. The number of benzene rings is 2. The van der Waals surface area contributed by atoms with E-state index in [1.165, 1.54) is 5.56 Å². The minimum Gasteiger partial charge on any atom is -0.312 e. The number of fused-ring (bicyclic) bond motifs is 1. The van der Waals surface area contributed by atoms with Crippen molar-refractivity contribution in [2.45, 2.75) is 19.3 Å². The lowest BCUT2D eigenvalue weighted by atomic mass is 10.1. The molecule has 3 nitrogen and oxygen atoms in total. The topological polar surface area (TPSA) is 44.1 Å². The number of aryl methyl sites for hydroxylation is 1. The highest BCUT2D eigenvalue weighted by molar-refractivity contribution is 5.95. The van der Waals surface area contributed by atoms with Crippen LogP contribution in [0.15, 0.2) is 48.5 Å². The summed E-state index contributed by atoms with van der Waals surface area (Å²) >= 11 is 0. The number of para-hydroxylation sites is 1. The summed E-state index contributed by atoms with van der Waals surface area (Å²) in [5.74, 6) is 0.171. The molecule has 0 fully saturated rings. The van der Waals surface area contributed by atoms with Gasteiger partial charge in [0, 0.05) is 18.7 Å². The highest BCUT2D eigenvalue weighted by Gasteiger charge is 2.23. The summed E-state index contributed by atoms with van der Waals surface area (Å²) in [6.45, 7) is 0.783. The van der Waals surface area contributed by atoms with Crippen molar-refractivity contribution in [2.24, 2.45) is 0 Å². The van der Waals surface area contributed by atoms with Gasteiger partial charge < -0.3 is 4.90 Å². The Morgan fingerprint density at radius 3 is 2.67 bits per heavy atom. The van der Waals surface area contributed by atoms with Crippen LogP contribution in [0.2, 0.25) is 0 Å². The summed E-state index contributed by atoms with van der Waals surface area (Å²) in [5.41, 5.74) is 4.06. The molecule has 3 heteroatoms. The fraction of sp³-hybridized carbons (Fsp3) is 0.222. The summed E-state index contributed by atoms with van der Waals surface area (Å²) in [5, 5.41) is 8.77. The SMILES string of the molecule is N#Cc1ccc(CCC(=O)N2CCc3ccccc32)cc1. The van der Waals surface area contributed by atoms with Crippen LogP contribution in [0.4, 0.5) is 5.69 Å². The maximum atomic E-state index is 12.4. The number of anilines is 1. The zero-order valence-electron chi connectivity index (χ0n) is 11.7. The number of hydrogen-bond acceptors (Lipinski definition) is 2. The first-order valence-electron chi connectivity index (χ1n) is 7.15. The van der Waals surface area contributed by atoms with Crippen molar-refractivity contribution in [3.63, 3.8) is 0 Å². The van der Waals surface area contributed by atoms with Gasteiger partial charge in [-0.15, -0.1) is 0 Å². The molecular weight excluding hydrogens is 260 g/mol. The number of nitrogens with zero attached hydrogens (tertiary/aromatic N) is 2. The van der Waals surface area contributed by atoms with E-state index < -0.39 is 0 Å². The van der Waals surface area contributed by atoms with E-state index in [0.29, 0.717) is 18.4 Å². The average molecular weight is 276 g/mol. The molecule has 0 saturated heterocycles. The first-order chi connectivity index (χ1) is 10.3. The van der Waals surface area contributed by atoms with Gasteiger partial charge in [-0.25, -0.2) is 0 Å². The third-order valence-electron chi connectivity index (χ3n) is 3.90. The van der Waals surface area contributed by atoms with Gasteiger partial charge in [-0.1, -0.05) is 30.3 Å². The van der Waals surface area contributed by atoms with E-state index in [1.54, 1.807) is 12.1 Å². The number of nitriles is 1. The van der Waals surface area contributed by atoms with Gasteiger partial charge in [0.1, 0.15) is 0 Å². The normalized spacial score (nSPS) is 12.8. The van der Waals surface area contributed by atoms with E-state index in [4.69, 9.17) is 5.26 Å². The molecule has 0 aromatic heterocycles. The van der Waals surface area contributed by atoms with Crippen LogP contribution >= 0.6 is 0 Å². The lowest BCUT2D eigenvalue weighted by molar-refractivity contribution is -0.118. The predicted octanol–water partition coefficient (Wildman–Crippen LogP) is 3.08. The van der Waals surface area contributed by atoms with Gasteiger partial charge in [0.15, 0.2) is 0 Å². The van der Waals surface area contributed by atoms with Gasteiger partial charge in [-0.05, 0) is 42.2 Å². The summed E-state index contributed by atoms with van der Waals surface area (Å²) in [7, 11) is 0. The minimum atomic E-state index is 0.171. The lowest BCUT2D eigenvalue weighted by Crippen LogP contribution is -2.29. The highest BCUT2D eigenvalue weighted by atomic mass is 16.2. The smallest absolute Gasteiger partial charge is 0.227 e. The van der Waals surface area contributed by atoms with E-state index in [1.807, 2.05) is 35.2 Å². The first-order valence-corrected chi connectivity index (χ1v) is 7.15. The summed E-state index contributed by atoms with van der Waals surface area (Å²) in [6.07, 6.45) is 2.15. The van der Waals surface area contributed by atoms with Crippen LogP contribution in [0.25, 0.3) is 0 Å². The Kier molecular flexibility index (Phi) is 3.70. The Labute approximate surface area is 124 Å². The second-order valence-electron chi connectivity index (χ2n) is 5.23. The minimum absolute atomic E-state index is 0.171. The molecule has 3 rings (SSSR count). The largest absolute Gasteiger partial charge is 0.312 e. The quantitative estimate of drug-likeness (QED) is 0.864. The van der Waals surface area contributed by atoms with Crippen molar-refractivity contribution in [3.8, 4) is 6.07 Å². The molecule has 0 atom stereocenters. The molecule has 0 unspecified atom stereocenters. The van der Waals surface area contributed by atoms with Crippen molar-refractivity contribution in [1.82, 2.24) is 0 Å². The molecule has 21 heavy (non-hydrogen) atoms. The molecule has 0 N–H and O–H groups in total. The maximum Gasteiger partial charge on any atom is 0.227 e. The van der Waals surface area contributed by atoms with Gasteiger partial charge in [-0.3, -0.25) is 4.79 Å². The number of carbonyl (C=O) groups is 1. The van der Waals surface area contributed by atoms with Crippen molar-refractivity contribution < 1.29 is 4.79 Å². The monoisotopic (exact) mass is 276 g/mol. The van der Waals surface area contributed by atoms with Crippen LogP contribution in [-0.4, -0.2) is 12.5 Å². The predicted molar refractivity (Wildman–Crippen MR) is 82.0 cm³/mol.